The number of hydrogen-bond donors (Lipinski definition) is 2. The Kier molecular flexibility index (Phi) is 3.83. The van der Waals surface area contributed by atoms with Gasteiger partial charge in [0.05, 0.1) is 7.11 Å². The van der Waals surface area contributed by atoms with Crippen LogP contribution >= 0.6 is 0 Å². The molecule has 0 saturated carbocycles. The van der Waals surface area contributed by atoms with Crippen LogP contribution in [0.3, 0.4) is 0 Å². The number of nitrogens with one attached hydrogen (secondary N) is 2. The third kappa shape index (κ3) is 3.03. The van der Waals surface area contributed by atoms with Crippen molar-refractivity contribution in [1.29, 1.82) is 0 Å². The van der Waals surface area contributed by atoms with Crippen LogP contribution in [0.5, 0.6) is 5.75 Å². The van der Waals surface area contributed by atoms with Crippen molar-refractivity contribution in [2.45, 2.75) is 18.9 Å². The van der Waals surface area contributed by atoms with Crippen molar-refractivity contribution in [1.82, 2.24) is 15.2 Å². The Morgan fingerprint density at radius 3 is 3.19 bits per heavy atom. The molecule has 2 aromatic rings. The molecule has 21 heavy (non-hydrogen) atoms. The Morgan fingerprint density at radius 1 is 1.52 bits per heavy atom. The molecule has 0 aliphatic carbocycles. The second-order valence-electron chi connectivity index (χ2n) is 4.73. The van der Waals surface area contributed by atoms with Crippen molar-refractivity contribution >= 4 is 11.9 Å². The van der Waals surface area contributed by atoms with Gasteiger partial charge in [-0.3, -0.25) is 15.2 Å². The molecule has 1 aliphatic heterocycles. The molecule has 1 aromatic carbocycles. The molecule has 0 bridgehead atoms. The number of aromatic nitrogens is 3. The fraction of sp³-hybridized carbons (Fsp3) is 0.357. The van der Waals surface area contributed by atoms with Crippen molar-refractivity contribution in [3.8, 4) is 5.75 Å². The molecular formula is C14H16N4O3. The van der Waals surface area contributed by atoms with Crippen LogP contribution < -0.4 is 10.1 Å². The number of aromatic amines is 1. The van der Waals surface area contributed by atoms with Gasteiger partial charge in [0, 0.05) is 12.2 Å². The number of ether oxygens (including phenoxy) is 2. The molecule has 1 saturated heterocycles. The first-order valence-electron chi connectivity index (χ1n) is 6.75. The van der Waals surface area contributed by atoms with E-state index in [2.05, 4.69) is 20.5 Å². The molecule has 110 valence electrons. The quantitative estimate of drug-likeness (QED) is 0.897. The van der Waals surface area contributed by atoms with Gasteiger partial charge in [-0.1, -0.05) is 6.07 Å². The molecule has 1 amide bonds. The summed E-state index contributed by atoms with van der Waals surface area (Å²) in [7, 11) is 1.56. The van der Waals surface area contributed by atoms with E-state index in [4.69, 9.17) is 9.47 Å². The van der Waals surface area contributed by atoms with Gasteiger partial charge in [0.1, 0.15) is 11.9 Å². The van der Waals surface area contributed by atoms with E-state index in [9.17, 15) is 4.79 Å². The fourth-order valence-electron chi connectivity index (χ4n) is 2.21. The van der Waals surface area contributed by atoms with Crippen molar-refractivity contribution in [2.75, 3.05) is 19.0 Å². The van der Waals surface area contributed by atoms with E-state index in [-0.39, 0.29) is 18.0 Å². The molecule has 0 spiro atoms. The van der Waals surface area contributed by atoms with Crippen molar-refractivity contribution in [3.05, 3.63) is 35.7 Å². The van der Waals surface area contributed by atoms with Gasteiger partial charge >= 0.3 is 0 Å². The van der Waals surface area contributed by atoms with Gasteiger partial charge < -0.3 is 9.47 Å². The summed E-state index contributed by atoms with van der Waals surface area (Å²) in [5.74, 6) is 1.23. The highest BCUT2D eigenvalue weighted by Crippen LogP contribution is 2.26. The largest absolute Gasteiger partial charge is 0.497 e. The molecule has 0 unspecified atom stereocenters. The Bertz CT molecular complexity index is 635. The molecule has 1 fully saturated rings. The van der Waals surface area contributed by atoms with Crippen LogP contribution in [-0.4, -0.2) is 34.8 Å². The standard InChI is InChI=1S/C14H16N4O3/c1-20-10-5-2-4-9(8-10)13(19)16-14-15-12(17-18-14)11-6-3-7-21-11/h2,4-5,8,11H,3,6-7H2,1H3,(H2,15,16,17,18,19)/t11-/m0/s1. The molecule has 1 aromatic heterocycles. The third-order valence-electron chi connectivity index (χ3n) is 3.29. The Hall–Kier alpha value is -2.41. The second-order valence-corrected chi connectivity index (χ2v) is 4.73. The van der Waals surface area contributed by atoms with Crippen LogP contribution in [0.25, 0.3) is 0 Å². The number of hydrogen-bond acceptors (Lipinski definition) is 5. The number of carbonyl (C=O) groups excluding carboxylic acids is 1. The lowest BCUT2D eigenvalue weighted by Crippen LogP contribution is -2.13. The average Bonchev–Trinajstić information content (AvgIpc) is 3.18. The maximum Gasteiger partial charge on any atom is 0.258 e. The smallest absolute Gasteiger partial charge is 0.258 e. The normalized spacial score (nSPS) is 17.7. The highest BCUT2D eigenvalue weighted by atomic mass is 16.5. The fourth-order valence-corrected chi connectivity index (χ4v) is 2.21. The molecule has 3 rings (SSSR count). The summed E-state index contributed by atoms with van der Waals surface area (Å²) in [5.41, 5.74) is 0.484. The summed E-state index contributed by atoms with van der Waals surface area (Å²) in [6.07, 6.45) is 1.87. The van der Waals surface area contributed by atoms with Crippen molar-refractivity contribution in [3.63, 3.8) is 0 Å². The van der Waals surface area contributed by atoms with E-state index in [0.717, 1.165) is 19.4 Å². The predicted octanol–water partition coefficient (Wildman–Crippen LogP) is 1.92. The molecule has 1 atom stereocenters. The van der Waals surface area contributed by atoms with Crippen LogP contribution in [-0.2, 0) is 4.74 Å². The molecule has 7 nitrogen and oxygen atoms in total. The Morgan fingerprint density at radius 2 is 2.43 bits per heavy atom. The van der Waals surface area contributed by atoms with Gasteiger partial charge in [-0.15, -0.1) is 5.10 Å². The first-order valence-corrected chi connectivity index (χ1v) is 6.75. The molecule has 2 N–H and O–H groups in total. The molecule has 2 heterocycles. The van der Waals surface area contributed by atoms with Crippen molar-refractivity contribution < 1.29 is 14.3 Å². The van der Waals surface area contributed by atoms with Gasteiger partial charge in [-0.25, -0.2) is 0 Å². The zero-order valence-electron chi connectivity index (χ0n) is 11.6. The average molecular weight is 288 g/mol. The Balaban J connectivity index is 1.69. The highest BCUT2D eigenvalue weighted by Gasteiger charge is 2.21. The number of rotatable bonds is 4. The molecule has 1 aliphatic rings. The lowest BCUT2D eigenvalue weighted by atomic mass is 10.2. The summed E-state index contributed by atoms with van der Waals surface area (Å²) in [6.45, 7) is 0.733. The number of amides is 1. The number of anilines is 1. The predicted molar refractivity (Wildman–Crippen MR) is 75.3 cm³/mol. The van der Waals surface area contributed by atoms with E-state index in [1.807, 2.05) is 0 Å². The van der Waals surface area contributed by atoms with E-state index in [1.54, 1.807) is 31.4 Å². The lowest BCUT2D eigenvalue weighted by molar-refractivity contribution is 0.102. The summed E-state index contributed by atoms with van der Waals surface area (Å²) >= 11 is 0. The van der Waals surface area contributed by atoms with Crippen molar-refractivity contribution in [2.24, 2.45) is 0 Å². The summed E-state index contributed by atoms with van der Waals surface area (Å²) in [6, 6.07) is 6.89. The minimum atomic E-state index is -0.285. The zero-order chi connectivity index (χ0) is 14.7. The molecule has 7 heteroatoms. The van der Waals surface area contributed by atoms with E-state index < -0.39 is 0 Å². The highest BCUT2D eigenvalue weighted by molar-refractivity contribution is 6.03. The SMILES string of the molecule is COc1cccc(C(=O)Nc2n[nH]c([C@@H]3CCCO3)n2)c1. The van der Waals surface area contributed by atoms with Crippen LogP contribution in [0.1, 0.15) is 35.1 Å². The summed E-state index contributed by atoms with van der Waals surface area (Å²) in [4.78, 5) is 16.4. The van der Waals surface area contributed by atoms with Gasteiger partial charge in [-0.05, 0) is 31.0 Å². The summed E-state index contributed by atoms with van der Waals surface area (Å²) in [5, 5.41) is 9.44. The number of H-pyrrole nitrogens is 1. The number of methoxy groups -OCH3 is 1. The van der Waals surface area contributed by atoms with E-state index >= 15 is 0 Å². The molecule has 0 radical (unpaired) electrons. The zero-order valence-corrected chi connectivity index (χ0v) is 11.6. The van der Waals surface area contributed by atoms with Crippen LogP contribution in [0, 0.1) is 0 Å². The monoisotopic (exact) mass is 288 g/mol. The summed E-state index contributed by atoms with van der Waals surface area (Å²) < 4.78 is 10.6. The van der Waals surface area contributed by atoms with Gasteiger partial charge in [0.25, 0.3) is 5.91 Å². The molecular weight excluding hydrogens is 272 g/mol. The third-order valence-corrected chi connectivity index (χ3v) is 3.29. The number of benzene rings is 1. The maximum absolute atomic E-state index is 12.1. The van der Waals surface area contributed by atoms with Gasteiger partial charge in [-0.2, -0.15) is 4.98 Å². The first kappa shape index (κ1) is 13.6. The van der Waals surface area contributed by atoms with E-state index in [1.165, 1.54) is 0 Å². The van der Waals surface area contributed by atoms with Gasteiger partial charge in [0.15, 0.2) is 5.82 Å². The minimum absolute atomic E-state index is 0.0556. The number of nitrogens with zero attached hydrogens (tertiary/aromatic N) is 2. The van der Waals surface area contributed by atoms with Crippen LogP contribution in [0.15, 0.2) is 24.3 Å². The van der Waals surface area contributed by atoms with Crippen LogP contribution in [0.2, 0.25) is 0 Å². The number of carbonyl (C=O) groups is 1. The van der Waals surface area contributed by atoms with E-state index in [0.29, 0.717) is 17.1 Å². The first-order chi connectivity index (χ1) is 10.3. The topological polar surface area (TPSA) is 89.1 Å². The minimum Gasteiger partial charge on any atom is -0.497 e. The second kappa shape index (κ2) is 5.92. The maximum atomic E-state index is 12.1. The van der Waals surface area contributed by atoms with Gasteiger partial charge in [0.2, 0.25) is 5.95 Å². The lowest BCUT2D eigenvalue weighted by Gasteiger charge is -2.04. The van der Waals surface area contributed by atoms with Crippen LogP contribution in [0.4, 0.5) is 5.95 Å². The Labute approximate surface area is 121 Å².